The minimum Gasteiger partial charge on any atom is -0.379 e. The molecule has 6 heteroatoms. The average molecular weight is 309 g/mol. The van der Waals surface area contributed by atoms with Crippen LogP contribution in [-0.2, 0) is 9.53 Å². The van der Waals surface area contributed by atoms with Gasteiger partial charge in [0, 0.05) is 19.7 Å². The Morgan fingerprint density at radius 2 is 2.14 bits per heavy atom. The Kier molecular flexibility index (Phi) is 6.30. The SMILES string of the molecule is CC(C)OCCCNC(=O)C1CNNC1c1ccc(F)cc1. The van der Waals surface area contributed by atoms with Crippen LogP contribution in [0.3, 0.4) is 0 Å². The Morgan fingerprint density at radius 1 is 1.41 bits per heavy atom. The summed E-state index contributed by atoms with van der Waals surface area (Å²) < 4.78 is 18.4. The zero-order valence-corrected chi connectivity index (χ0v) is 13.1. The summed E-state index contributed by atoms with van der Waals surface area (Å²) >= 11 is 0. The molecule has 2 atom stereocenters. The molecular weight excluding hydrogens is 285 g/mol. The second-order valence-corrected chi connectivity index (χ2v) is 5.73. The summed E-state index contributed by atoms with van der Waals surface area (Å²) in [4.78, 5) is 12.3. The van der Waals surface area contributed by atoms with Crippen molar-refractivity contribution in [2.24, 2.45) is 5.92 Å². The third-order valence-electron chi connectivity index (χ3n) is 3.62. The number of amides is 1. The van der Waals surface area contributed by atoms with Gasteiger partial charge < -0.3 is 10.1 Å². The van der Waals surface area contributed by atoms with E-state index >= 15 is 0 Å². The van der Waals surface area contributed by atoms with Gasteiger partial charge in [0.2, 0.25) is 5.91 Å². The van der Waals surface area contributed by atoms with Crippen molar-refractivity contribution in [3.8, 4) is 0 Å². The first kappa shape index (κ1) is 16.9. The Bertz CT molecular complexity index is 479. The highest BCUT2D eigenvalue weighted by Crippen LogP contribution is 2.25. The summed E-state index contributed by atoms with van der Waals surface area (Å²) in [6.07, 6.45) is 1.00. The quantitative estimate of drug-likeness (QED) is 0.668. The standard InChI is InChI=1S/C16H24FN3O2/c1-11(2)22-9-3-8-18-16(21)14-10-19-20-15(14)12-4-6-13(17)7-5-12/h4-7,11,14-15,19-20H,3,8-10H2,1-2H3,(H,18,21). The molecule has 1 heterocycles. The fraction of sp³-hybridized carbons (Fsp3) is 0.562. The summed E-state index contributed by atoms with van der Waals surface area (Å²) in [5, 5.41) is 2.94. The van der Waals surface area contributed by atoms with Gasteiger partial charge in [0.25, 0.3) is 0 Å². The third kappa shape index (κ3) is 4.76. The highest BCUT2D eigenvalue weighted by Gasteiger charge is 2.33. The number of hydrazine groups is 1. The molecule has 0 aliphatic carbocycles. The van der Waals surface area contributed by atoms with Crippen LogP contribution in [0, 0.1) is 11.7 Å². The molecule has 22 heavy (non-hydrogen) atoms. The minimum absolute atomic E-state index is 0.00336. The molecule has 1 aromatic rings. The maximum atomic E-state index is 13.0. The lowest BCUT2D eigenvalue weighted by molar-refractivity contribution is -0.125. The second kappa shape index (κ2) is 8.22. The molecule has 0 aromatic heterocycles. The van der Waals surface area contributed by atoms with E-state index in [9.17, 15) is 9.18 Å². The van der Waals surface area contributed by atoms with Gasteiger partial charge in [-0.05, 0) is 38.0 Å². The number of benzene rings is 1. The fourth-order valence-corrected chi connectivity index (χ4v) is 2.46. The average Bonchev–Trinajstić information content (AvgIpc) is 2.96. The topological polar surface area (TPSA) is 62.4 Å². The van der Waals surface area contributed by atoms with Crippen molar-refractivity contribution in [1.29, 1.82) is 0 Å². The molecular formula is C16H24FN3O2. The van der Waals surface area contributed by atoms with Gasteiger partial charge in [-0.3, -0.25) is 10.2 Å². The van der Waals surface area contributed by atoms with Gasteiger partial charge in [-0.15, -0.1) is 0 Å². The molecule has 5 nitrogen and oxygen atoms in total. The lowest BCUT2D eigenvalue weighted by atomic mass is 9.94. The number of rotatable bonds is 7. The van der Waals surface area contributed by atoms with Crippen LogP contribution >= 0.6 is 0 Å². The van der Waals surface area contributed by atoms with Crippen LogP contribution in [0.1, 0.15) is 31.9 Å². The third-order valence-corrected chi connectivity index (χ3v) is 3.62. The predicted molar refractivity (Wildman–Crippen MR) is 82.5 cm³/mol. The highest BCUT2D eigenvalue weighted by molar-refractivity contribution is 5.80. The molecule has 1 amide bonds. The number of hydrogen-bond donors (Lipinski definition) is 3. The summed E-state index contributed by atoms with van der Waals surface area (Å²) in [6.45, 7) is 5.76. The van der Waals surface area contributed by atoms with E-state index in [1.165, 1.54) is 12.1 Å². The van der Waals surface area contributed by atoms with Gasteiger partial charge in [-0.1, -0.05) is 12.1 Å². The van der Waals surface area contributed by atoms with Gasteiger partial charge in [-0.2, -0.15) is 0 Å². The van der Waals surface area contributed by atoms with Crippen LogP contribution < -0.4 is 16.2 Å². The van der Waals surface area contributed by atoms with E-state index in [1.54, 1.807) is 12.1 Å². The lowest BCUT2D eigenvalue weighted by Gasteiger charge is -2.18. The van der Waals surface area contributed by atoms with Gasteiger partial charge in [-0.25, -0.2) is 9.82 Å². The number of carbonyl (C=O) groups is 1. The van der Waals surface area contributed by atoms with Gasteiger partial charge in [0.15, 0.2) is 0 Å². The summed E-state index contributed by atoms with van der Waals surface area (Å²) in [7, 11) is 0. The van der Waals surface area contributed by atoms with Crippen LogP contribution in [0.15, 0.2) is 24.3 Å². The first-order valence-corrected chi connectivity index (χ1v) is 7.71. The summed E-state index contributed by atoms with van der Waals surface area (Å²) in [6, 6.07) is 6.08. The second-order valence-electron chi connectivity index (χ2n) is 5.73. The fourth-order valence-electron chi connectivity index (χ4n) is 2.46. The van der Waals surface area contributed by atoms with E-state index in [2.05, 4.69) is 16.2 Å². The van der Waals surface area contributed by atoms with Crippen LogP contribution in [0.4, 0.5) is 4.39 Å². The van der Waals surface area contributed by atoms with E-state index in [0.717, 1.165) is 12.0 Å². The number of nitrogens with one attached hydrogen (secondary N) is 3. The summed E-state index contributed by atoms with van der Waals surface area (Å²) in [5.74, 6) is -0.492. The Hall–Kier alpha value is -1.50. The number of halogens is 1. The van der Waals surface area contributed by atoms with E-state index in [1.807, 2.05) is 13.8 Å². The van der Waals surface area contributed by atoms with Crippen molar-refractivity contribution in [2.75, 3.05) is 19.7 Å². The number of ether oxygens (including phenoxy) is 1. The normalized spacial score (nSPS) is 21.3. The Morgan fingerprint density at radius 3 is 2.82 bits per heavy atom. The molecule has 1 aromatic carbocycles. The van der Waals surface area contributed by atoms with E-state index < -0.39 is 0 Å². The molecule has 2 unspecified atom stereocenters. The molecule has 1 aliphatic heterocycles. The van der Waals surface area contributed by atoms with E-state index in [4.69, 9.17) is 4.74 Å². The zero-order chi connectivity index (χ0) is 15.9. The van der Waals surface area contributed by atoms with Crippen molar-refractivity contribution in [3.63, 3.8) is 0 Å². The first-order chi connectivity index (χ1) is 10.6. The maximum Gasteiger partial charge on any atom is 0.226 e. The van der Waals surface area contributed by atoms with Gasteiger partial charge in [0.1, 0.15) is 5.82 Å². The molecule has 0 spiro atoms. The molecule has 0 bridgehead atoms. The summed E-state index contributed by atoms with van der Waals surface area (Å²) in [5.41, 5.74) is 6.98. The van der Waals surface area contributed by atoms with Gasteiger partial charge in [0.05, 0.1) is 18.1 Å². The Balaban J connectivity index is 1.82. The van der Waals surface area contributed by atoms with Crippen molar-refractivity contribution in [1.82, 2.24) is 16.2 Å². The molecule has 1 saturated heterocycles. The molecule has 1 fully saturated rings. The van der Waals surface area contributed by atoms with Crippen LogP contribution in [0.2, 0.25) is 0 Å². The van der Waals surface area contributed by atoms with Crippen LogP contribution in [-0.4, -0.2) is 31.7 Å². The van der Waals surface area contributed by atoms with Crippen molar-refractivity contribution in [2.45, 2.75) is 32.4 Å². The van der Waals surface area contributed by atoms with Crippen molar-refractivity contribution in [3.05, 3.63) is 35.6 Å². The van der Waals surface area contributed by atoms with Gasteiger partial charge >= 0.3 is 0 Å². The molecule has 2 rings (SSSR count). The molecule has 122 valence electrons. The monoisotopic (exact) mass is 309 g/mol. The smallest absolute Gasteiger partial charge is 0.226 e. The lowest BCUT2D eigenvalue weighted by Crippen LogP contribution is -2.36. The molecule has 3 N–H and O–H groups in total. The maximum absolute atomic E-state index is 13.0. The van der Waals surface area contributed by atoms with Crippen molar-refractivity contribution >= 4 is 5.91 Å². The van der Waals surface area contributed by atoms with Crippen LogP contribution in [0.5, 0.6) is 0 Å². The minimum atomic E-state index is -0.277. The van der Waals surface area contributed by atoms with Crippen molar-refractivity contribution < 1.29 is 13.9 Å². The molecule has 1 aliphatic rings. The van der Waals surface area contributed by atoms with E-state index in [0.29, 0.717) is 19.7 Å². The Labute approximate surface area is 130 Å². The highest BCUT2D eigenvalue weighted by atomic mass is 19.1. The largest absolute Gasteiger partial charge is 0.379 e. The number of hydrogen-bond acceptors (Lipinski definition) is 4. The molecule has 0 saturated carbocycles. The zero-order valence-electron chi connectivity index (χ0n) is 13.1. The predicted octanol–water partition coefficient (Wildman–Crippen LogP) is 1.52. The first-order valence-electron chi connectivity index (χ1n) is 7.71. The molecule has 0 radical (unpaired) electrons. The van der Waals surface area contributed by atoms with E-state index in [-0.39, 0.29) is 29.8 Å². The number of carbonyl (C=O) groups excluding carboxylic acids is 1. The van der Waals surface area contributed by atoms with Crippen LogP contribution in [0.25, 0.3) is 0 Å².